The molecule has 0 saturated carbocycles. The zero-order chi connectivity index (χ0) is 11.6. The van der Waals surface area contributed by atoms with E-state index in [-0.39, 0.29) is 0 Å². The van der Waals surface area contributed by atoms with Crippen molar-refractivity contribution in [1.29, 1.82) is 0 Å². The average Bonchev–Trinajstić information content (AvgIpc) is 2.35. The standard InChI is InChI=1S/C13H28N2O/c1-3-5-10-16-11-9-15(4-2)13-7-6-8-14-12-13/h13-14H,3-12H2,1-2H3. The summed E-state index contributed by atoms with van der Waals surface area (Å²) < 4.78 is 5.64. The monoisotopic (exact) mass is 228 g/mol. The molecule has 1 aliphatic rings. The van der Waals surface area contributed by atoms with E-state index in [0.29, 0.717) is 0 Å². The van der Waals surface area contributed by atoms with E-state index in [2.05, 4.69) is 24.1 Å². The quantitative estimate of drug-likeness (QED) is 0.642. The molecule has 0 aromatic heterocycles. The van der Waals surface area contributed by atoms with Gasteiger partial charge in [-0.05, 0) is 32.4 Å². The van der Waals surface area contributed by atoms with Gasteiger partial charge in [0.05, 0.1) is 6.61 Å². The Bertz CT molecular complexity index is 158. The van der Waals surface area contributed by atoms with E-state index in [4.69, 9.17) is 4.74 Å². The first-order chi connectivity index (χ1) is 7.88. The molecule has 96 valence electrons. The molecular weight excluding hydrogens is 200 g/mol. The third-order valence-corrected chi connectivity index (χ3v) is 3.36. The van der Waals surface area contributed by atoms with Crippen LogP contribution < -0.4 is 5.32 Å². The lowest BCUT2D eigenvalue weighted by Gasteiger charge is -2.33. The van der Waals surface area contributed by atoms with Crippen molar-refractivity contribution < 1.29 is 4.74 Å². The number of rotatable bonds is 8. The highest BCUT2D eigenvalue weighted by atomic mass is 16.5. The van der Waals surface area contributed by atoms with Gasteiger partial charge in [-0.2, -0.15) is 0 Å². The lowest BCUT2D eigenvalue weighted by Crippen LogP contribution is -2.47. The molecule has 1 unspecified atom stereocenters. The first-order valence-corrected chi connectivity index (χ1v) is 6.91. The molecule has 1 aliphatic heterocycles. The molecule has 1 atom stereocenters. The molecule has 3 nitrogen and oxygen atoms in total. The van der Waals surface area contributed by atoms with Gasteiger partial charge in [-0.25, -0.2) is 0 Å². The molecule has 1 heterocycles. The molecule has 0 spiro atoms. The van der Waals surface area contributed by atoms with E-state index in [1.165, 1.54) is 32.2 Å². The number of likely N-dealkylation sites (N-methyl/N-ethyl adjacent to an activating group) is 1. The van der Waals surface area contributed by atoms with Gasteiger partial charge in [-0.1, -0.05) is 20.3 Å². The lowest BCUT2D eigenvalue weighted by atomic mass is 10.1. The van der Waals surface area contributed by atoms with Crippen LogP contribution in [0.5, 0.6) is 0 Å². The molecule has 0 radical (unpaired) electrons. The lowest BCUT2D eigenvalue weighted by molar-refractivity contribution is 0.0810. The zero-order valence-electron chi connectivity index (χ0n) is 11.0. The first-order valence-electron chi connectivity index (χ1n) is 6.91. The maximum Gasteiger partial charge on any atom is 0.0593 e. The van der Waals surface area contributed by atoms with Gasteiger partial charge in [-0.3, -0.25) is 4.90 Å². The van der Waals surface area contributed by atoms with Crippen molar-refractivity contribution in [3.05, 3.63) is 0 Å². The van der Waals surface area contributed by atoms with Gasteiger partial charge >= 0.3 is 0 Å². The van der Waals surface area contributed by atoms with E-state index < -0.39 is 0 Å². The molecule has 1 N–H and O–H groups in total. The fourth-order valence-electron chi connectivity index (χ4n) is 2.27. The Hall–Kier alpha value is -0.120. The van der Waals surface area contributed by atoms with Crippen LogP contribution in [0.3, 0.4) is 0 Å². The first kappa shape index (κ1) is 13.9. The summed E-state index contributed by atoms with van der Waals surface area (Å²) in [6, 6.07) is 0.730. The van der Waals surface area contributed by atoms with Gasteiger partial charge in [0.15, 0.2) is 0 Å². The van der Waals surface area contributed by atoms with Crippen molar-refractivity contribution in [2.24, 2.45) is 0 Å². The highest BCUT2D eigenvalue weighted by Gasteiger charge is 2.18. The van der Waals surface area contributed by atoms with Crippen LogP contribution in [0.4, 0.5) is 0 Å². The Morgan fingerprint density at radius 2 is 2.19 bits per heavy atom. The molecule has 0 bridgehead atoms. The third kappa shape index (κ3) is 5.28. The number of piperidine rings is 1. The molecule has 0 aliphatic carbocycles. The fourth-order valence-corrected chi connectivity index (χ4v) is 2.27. The summed E-state index contributed by atoms with van der Waals surface area (Å²) >= 11 is 0. The number of hydrogen-bond donors (Lipinski definition) is 1. The van der Waals surface area contributed by atoms with Crippen LogP contribution in [-0.4, -0.2) is 50.3 Å². The molecule has 0 amide bonds. The second-order valence-electron chi connectivity index (χ2n) is 4.59. The Kier molecular flexibility index (Phi) is 7.81. The summed E-state index contributed by atoms with van der Waals surface area (Å²) in [5, 5.41) is 3.48. The van der Waals surface area contributed by atoms with Gasteiger partial charge in [0.2, 0.25) is 0 Å². The number of unbranched alkanes of at least 4 members (excludes halogenated alkanes) is 1. The number of ether oxygens (including phenoxy) is 1. The van der Waals surface area contributed by atoms with Gasteiger partial charge < -0.3 is 10.1 Å². The van der Waals surface area contributed by atoms with Crippen molar-refractivity contribution in [2.75, 3.05) is 39.4 Å². The van der Waals surface area contributed by atoms with Crippen LogP contribution in [0, 0.1) is 0 Å². The van der Waals surface area contributed by atoms with Gasteiger partial charge in [0.25, 0.3) is 0 Å². The number of nitrogens with one attached hydrogen (secondary N) is 1. The Morgan fingerprint density at radius 3 is 2.81 bits per heavy atom. The van der Waals surface area contributed by atoms with Crippen LogP contribution in [-0.2, 0) is 4.74 Å². The average molecular weight is 228 g/mol. The van der Waals surface area contributed by atoms with E-state index in [1.54, 1.807) is 0 Å². The van der Waals surface area contributed by atoms with E-state index >= 15 is 0 Å². The second-order valence-corrected chi connectivity index (χ2v) is 4.59. The molecule has 1 saturated heterocycles. The SMILES string of the molecule is CCCCOCCN(CC)C1CCCNC1. The van der Waals surface area contributed by atoms with E-state index in [9.17, 15) is 0 Å². The van der Waals surface area contributed by atoms with Crippen molar-refractivity contribution >= 4 is 0 Å². The van der Waals surface area contributed by atoms with E-state index in [1.807, 2.05) is 0 Å². The zero-order valence-corrected chi connectivity index (χ0v) is 11.0. The predicted octanol–water partition coefficient (Wildman–Crippen LogP) is 1.88. The van der Waals surface area contributed by atoms with Gasteiger partial charge in [-0.15, -0.1) is 0 Å². The second kappa shape index (κ2) is 8.97. The number of nitrogens with zero attached hydrogens (tertiary/aromatic N) is 1. The third-order valence-electron chi connectivity index (χ3n) is 3.36. The molecule has 1 rings (SSSR count). The molecule has 16 heavy (non-hydrogen) atoms. The maximum atomic E-state index is 5.64. The van der Waals surface area contributed by atoms with Crippen LogP contribution >= 0.6 is 0 Å². The molecule has 3 heteroatoms. The van der Waals surface area contributed by atoms with E-state index in [0.717, 1.165) is 38.9 Å². The summed E-state index contributed by atoms with van der Waals surface area (Å²) in [7, 11) is 0. The summed E-state index contributed by atoms with van der Waals surface area (Å²) in [5.74, 6) is 0. The van der Waals surface area contributed by atoms with Crippen molar-refractivity contribution in [3.8, 4) is 0 Å². The highest BCUT2D eigenvalue weighted by molar-refractivity contribution is 4.77. The molecule has 0 aromatic rings. The van der Waals surface area contributed by atoms with Crippen molar-refractivity contribution in [3.63, 3.8) is 0 Å². The molecule has 0 aromatic carbocycles. The minimum Gasteiger partial charge on any atom is -0.380 e. The predicted molar refractivity (Wildman–Crippen MR) is 68.9 cm³/mol. The van der Waals surface area contributed by atoms with Crippen LogP contribution in [0.25, 0.3) is 0 Å². The minimum atomic E-state index is 0.730. The Balaban J connectivity index is 2.10. The van der Waals surface area contributed by atoms with Gasteiger partial charge in [0, 0.05) is 25.7 Å². The molecule has 1 fully saturated rings. The minimum absolute atomic E-state index is 0.730. The maximum absolute atomic E-state index is 5.64. The largest absolute Gasteiger partial charge is 0.380 e. The van der Waals surface area contributed by atoms with Crippen LogP contribution in [0.1, 0.15) is 39.5 Å². The van der Waals surface area contributed by atoms with Gasteiger partial charge in [0.1, 0.15) is 0 Å². The molecular formula is C13H28N2O. The van der Waals surface area contributed by atoms with Crippen LogP contribution in [0.2, 0.25) is 0 Å². The Labute approximate surface area is 101 Å². The Morgan fingerprint density at radius 1 is 1.31 bits per heavy atom. The fraction of sp³-hybridized carbons (Fsp3) is 1.00. The highest BCUT2D eigenvalue weighted by Crippen LogP contribution is 2.09. The van der Waals surface area contributed by atoms with Crippen LogP contribution in [0.15, 0.2) is 0 Å². The topological polar surface area (TPSA) is 24.5 Å². The summed E-state index contributed by atoms with van der Waals surface area (Å²) in [4.78, 5) is 2.55. The summed E-state index contributed by atoms with van der Waals surface area (Å²) in [6.07, 6.45) is 5.08. The smallest absolute Gasteiger partial charge is 0.0593 e. The van der Waals surface area contributed by atoms with Crippen molar-refractivity contribution in [2.45, 2.75) is 45.6 Å². The summed E-state index contributed by atoms with van der Waals surface area (Å²) in [6.45, 7) is 10.9. The normalized spacial score (nSPS) is 21.6. The number of hydrogen-bond acceptors (Lipinski definition) is 3. The van der Waals surface area contributed by atoms with Crippen molar-refractivity contribution in [1.82, 2.24) is 10.2 Å². The summed E-state index contributed by atoms with van der Waals surface area (Å²) in [5.41, 5.74) is 0.